The number of benzene rings is 4. The van der Waals surface area contributed by atoms with Crippen LogP contribution in [-0.4, -0.2) is 23.3 Å². The number of aromatic nitrogens is 1. The number of nitrogens with zero attached hydrogens (tertiary/aromatic N) is 1. The van der Waals surface area contributed by atoms with Crippen molar-refractivity contribution in [2.24, 2.45) is 0 Å². The molecule has 1 heterocycles. The molecular weight excluding hydrogens is 458 g/mol. The summed E-state index contributed by atoms with van der Waals surface area (Å²) < 4.78 is 5.53. The molecule has 0 saturated carbocycles. The van der Waals surface area contributed by atoms with Crippen molar-refractivity contribution < 1.29 is 14.3 Å². The first-order valence-corrected chi connectivity index (χ1v) is 12.2. The smallest absolute Gasteiger partial charge is 0.339 e. The Bertz CT molecular complexity index is 1620. The Hall–Kier alpha value is -4.57. The zero-order chi connectivity index (χ0) is 25.9. The third-order valence-electron chi connectivity index (χ3n) is 6.70. The van der Waals surface area contributed by atoms with Gasteiger partial charge < -0.3 is 4.74 Å². The zero-order valence-corrected chi connectivity index (χ0v) is 21.1. The Morgan fingerprint density at radius 2 is 1.27 bits per heavy atom. The van der Waals surface area contributed by atoms with Gasteiger partial charge in [0.15, 0.2) is 6.61 Å². The van der Waals surface area contributed by atoms with Crippen molar-refractivity contribution in [2.45, 2.75) is 20.8 Å². The van der Waals surface area contributed by atoms with E-state index >= 15 is 0 Å². The monoisotopic (exact) mass is 485 g/mol. The number of carbonyl (C=O) groups excluding carboxylic acids is 2. The Morgan fingerprint density at radius 1 is 0.649 bits per heavy atom. The van der Waals surface area contributed by atoms with Crippen LogP contribution >= 0.6 is 0 Å². The summed E-state index contributed by atoms with van der Waals surface area (Å²) in [4.78, 5) is 30.9. The molecule has 0 spiro atoms. The molecule has 182 valence electrons. The number of rotatable bonds is 6. The molecule has 5 rings (SSSR count). The van der Waals surface area contributed by atoms with E-state index < -0.39 is 5.97 Å². The minimum absolute atomic E-state index is 0.218. The molecule has 5 aromatic rings. The summed E-state index contributed by atoms with van der Waals surface area (Å²) in [5.74, 6) is -0.764. The molecule has 0 bridgehead atoms. The summed E-state index contributed by atoms with van der Waals surface area (Å²) in [7, 11) is 0. The Kier molecular flexibility index (Phi) is 6.65. The predicted molar refractivity (Wildman–Crippen MR) is 148 cm³/mol. The summed E-state index contributed by atoms with van der Waals surface area (Å²) in [6.45, 7) is 5.56. The van der Waals surface area contributed by atoms with Crippen molar-refractivity contribution in [3.8, 4) is 22.4 Å². The van der Waals surface area contributed by atoms with Crippen molar-refractivity contribution in [1.82, 2.24) is 4.98 Å². The zero-order valence-electron chi connectivity index (χ0n) is 21.1. The molecule has 0 fully saturated rings. The van der Waals surface area contributed by atoms with Gasteiger partial charge in [-0.25, -0.2) is 9.78 Å². The summed E-state index contributed by atoms with van der Waals surface area (Å²) in [6.07, 6.45) is 0. The lowest BCUT2D eigenvalue weighted by molar-refractivity contribution is 0.0476. The molecule has 4 heteroatoms. The van der Waals surface area contributed by atoms with Crippen LogP contribution in [0.5, 0.6) is 0 Å². The van der Waals surface area contributed by atoms with Crippen molar-refractivity contribution >= 4 is 22.7 Å². The van der Waals surface area contributed by atoms with Gasteiger partial charge in [-0.05, 0) is 66.8 Å². The minimum Gasteiger partial charge on any atom is -0.454 e. The topological polar surface area (TPSA) is 56.3 Å². The molecule has 37 heavy (non-hydrogen) atoms. The van der Waals surface area contributed by atoms with Gasteiger partial charge in [0.25, 0.3) is 0 Å². The summed E-state index contributed by atoms with van der Waals surface area (Å²) in [5, 5.41) is 0.687. The highest BCUT2D eigenvalue weighted by Crippen LogP contribution is 2.28. The van der Waals surface area contributed by atoms with Crippen LogP contribution < -0.4 is 0 Å². The highest BCUT2D eigenvalue weighted by Gasteiger charge is 2.18. The molecule has 0 amide bonds. The summed E-state index contributed by atoms with van der Waals surface area (Å²) >= 11 is 0. The minimum atomic E-state index is -0.546. The highest BCUT2D eigenvalue weighted by atomic mass is 16.5. The molecule has 1 aromatic heterocycles. The largest absolute Gasteiger partial charge is 0.454 e. The Labute approximate surface area is 216 Å². The van der Waals surface area contributed by atoms with Gasteiger partial charge >= 0.3 is 5.97 Å². The number of hydrogen-bond acceptors (Lipinski definition) is 4. The third kappa shape index (κ3) is 5.05. The van der Waals surface area contributed by atoms with Crippen LogP contribution in [0.3, 0.4) is 0 Å². The lowest BCUT2D eigenvalue weighted by Gasteiger charge is -2.12. The van der Waals surface area contributed by atoms with E-state index in [-0.39, 0.29) is 12.4 Å². The van der Waals surface area contributed by atoms with Gasteiger partial charge in [0.2, 0.25) is 5.78 Å². The molecule has 0 aliphatic carbocycles. The number of Topliss-reactive ketones (excluding diaryl/α,β-unsaturated/α-hetero) is 1. The number of esters is 1. The first-order chi connectivity index (χ1) is 17.9. The second-order valence-electron chi connectivity index (χ2n) is 9.27. The van der Waals surface area contributed by atoms with Crippen LogP contribution in [0, 0.1) is 20.8 Å². The number of pyridine rings is 1. The molecule has 0 saturated heterocycles. The van der Waals surface area contributed by atoms with Crippen LogP contribution in [0.15, 0.2) is 97.1 Å². The molecular formula is C33H27NO3. The molecule has 4 nitrogen and oxygen atoms in total. The van der Waals surface area contributed by atoms with E-state index in [1.165, 1.54) is 0 Å². The standard InChI is InChI=1S/C33H27NO3/c1-21-17-23(3)28(18-22(21)2)32(35)20-37-33(36)29-19-31(34-30-12-8-7-11-27(29)30)26-15-13-25(14-16-26)24-9-5-4-6-10-24/h4-19H,20H2,1-3H3. The molecule has 4 aromatic carbocycles. The first kappa shape index (κ1) is 24.1. The number of carbonyl (C=O) groups is 2. The summed E-state index contributed by atoms with van der Waals surface area (Å²) in [6, 6.07) is 31.3. The number of para-hydroxylation sites is 1. The lowest BCUT2D eigenvalue weighted by Crippen LogP contribution is -2.16. The molecule has 0 N–H and O–H groups in total. The number of ketones is 1. The normalized spacial score (nSPS) is 10.9. The van der Waals surface area contributed by atoms with E-state index in [9.17, 15) is 9.59 Å². The number of fused-ring (bicyclic) bond motifs is 1. The van der Waals surface area contributed by atoms with Gasteiger partial charge in [0.1, 0.15) is 0 Å². The number of aryl methyl sites for hydroxylation is 3. The number of hydrogen-bond donors (Lipinski definition) is 0. The maximum Gasteiger partial charge on any atom is 0.339 e. The molecule has 0 aliphatic heterocycles. The average Bonchev–Trinajstić information content (AvgIpc) is 2.93. The Morgan fingerprint density at radius 3 is 2.03 bits per heavy atom. The van der Waals surface area contributed by atoms with Gasteiger partial charge in [-0.15, -0.1) is 0 Å². The fraction of sp³-hybridized carbons (Fsp3) is 0.121. The van der Waals surface area contributed by atoms with Gasteiger partial charge in [0.05, 0.1) is 16.8 Å². The van der Waals surface area contributed by atoms with E-state index in [1.807, 2.05) is 99.6 Å². The predicted octanol–water partition coefficient (Wildman–Crippen LogP) is 7.53. The van der Waals surface area contributed by atoms with Crippen LogP contribution in [0.4, 0.5) is 0 Å². The van der Waals surface area contributed by atoms with Crippen LogP contribution in [0.2, 0.25) is 0 Å². The highest BCUT2D eigenvalue weighted by molar-refractivity contribution is 6.06. The quantitative estimate of drug-likeness (QED) is 0.184. The van der Waals surface area contributed by atoms with E-state index in [0.717, 1.165) is 33.4 Å². The van der Waals surface area contributed by atoms with E-state index in [1.54, 1.807) is 6.07 Å². The van der Waals surface area contributed by atoms with Gasteiger partial charge in [-0.2, -0.15) is 0 Å². The summed E-state index contributed by atoms with van der Waals surface area (Å²) in [5.41, 5.74) is 8.48. The van der Waals surface area contributed by atoms with E-state index in [2.05, 4.69) is 12.1 Å². The molecule has 0 atom stereocenters. The Balaban J connectivity index is 1.43. The van der Waals surface area contributed by atoms with E-state index in [4.69, 9.17) is 9.72 Å². The van der Waals surface area contributed by atoms with Crippen LogP contribution in [0.1, 0.15) is 37.4 Å². The third-order valence-corrected chi connectivity index (χ3v) is 6.70. The van der Waals surface area contributed by atoms with E-state index in [0.29, 0.717) is 27.7 Å². The second-order valence-corrected chi connectivity index (χ2v) is 9.27. The van der Waals surface area contributed by atoms with Crippen LogP contribution in [-0.2, 0) is 4.74 Å². The fourth-order valence-electron chi connectivity index (χ4n) is 4.50. The fourth-order valence-corrected chi connectivity index (χ4v) is 4.50. The van der Waals surface area contributed by atoms with Gasteiger partial charge in [-0.1, -0.05) is 78.9 Å². The molecule has 0 unspecified atom stereocenters. The van der Waals surface area contributed by atoms with Crippen molar-refractivity contribution in [3.05, 3.63) is 125 Å². The number of ether oxygens (including phenoxy) is 1. The van der Waals surface area contributed by atoms with Crippen LogP contribution in [0.25, 0.3) is 33.3 Å². The van der Waals surface area contributed by atoms with Gasteiger partial charge in [0, 0.05) is 16.5 Å². The van der Waals surface area contributed by atoms with Crippen molar-refractivity contribution in [2.75, 3.05) is 6.61 Å². The second kappa shape index (κ2) is 10.2. The van der Waals surface area contributed by atoms with Crippen molar-refractivity contribution in [3.63, 3.8) is 0 Å². The SMILES string of the molecule is Cc1cc(C)c(C(=O)COC(=O)c2cc(-c3ccc(-c4ccccc4)cc3)nc3ccccc23)cc1C. The molecule has 0 aliphatic rings. The van der Waals surface area contributed by atoms with Crippen molar-refractivity contribution in [1.29, 1.82) is 0 Å². The maximum atomic E-state index is 13.2. The van der Waals surface area contributed by atoms with Gasteiger partial charge in [-0.3, -0.25) is 4.79 Å². The molecule has 0 radical (unpaired) electrons. The lowest BCUT2D eigenvalue weighted by atomic mass is 9.98. The maximum absolute atomic E-state index is 13.2. The average molecular weight is 486 g/mol. The first-order valence-electron chi connectivity index (χ1n) is 12.2.